The van der Waals surface area contributed by atoms with Crippen LogP contribution in [0.2, 0.25) is 0 Å². The maximum absolute atomic E-state index is 14.5. The first-order valence-corrected chi connectivity index (χ1v) is 6.86. The molecule has 1 aliphatic carbocycles. The van der Waals surface area contributed by atoms with Crippen molar-refractivity contribution in [2.75, 3.05) is 0 Å². The maximum atomic E-state index is 14.5. The van der Waals surface area contributed by atoms with Crippen LogP contribution in [0.1, 0.15) is 27.6 Å². The van der Waals surface area contributed by atoms with E-state index in [0.29, 0.717) is 11.1 Å². The van der Waals surface area contributed by atoms with Crippen LogP contribution in [0.3, 0.4) is 0 Å². The molecule has 0 aliphatic heterocycles. The highest BCUT2D eigenvalue weighted by Crippen LogP contribution is 2.40. The highest BCUT2D eigenvalue weighted by molar-refractivity contribution is 9.10. The lowest BCUT2D eigenvalue weighted by molar-refractivity contribution is 0.101. The average molecular weight is 333 g/mol. The van der Waals surface area contributed by atoms with Crippen molar-refractivity contribution in [3.05, 3.63) is 75.3 Å². The third kappa shape index (κ3) is 2.01. The summed E-state index contributed by atoms with van der Waals surface area (Å²) in [7, 11) is 0. The maximum Gasteiger partial charge on any atom is 0.195 e. The molecule has 1 atom stereocenters. The van der Waals surface area contributed by atoms with E-state index in [9.17, 15) is 14.3 Å². The third-order valence-electron chi connectivity index (χ3n) is 3.35. The first-order chi connectivity index (χ1) is 9.59. The van der Waals surface area contributed by atoms with Gasteiger partial charge in [-0.25, -0.2) is 4.39 Å². The predicted molar refractivity (Wildman–Crippen MR) is 77.9 cm³/mol. The van der Waals surface area contributed by atoms with Gasteiger partial charge in [-0.2, -0.15) is 0 Å². The van der Waals surface area contributed by atoms with Crippen LogP contribution in [-0.2, 0) is 0 Å². The van der Waals surface area contributed by atoms with Crippen molar-refractivity contribution >= 4 is 27.5 Å². The first-order valence-electron chi connectivity index (χ1n) is 6.07. The Balaban J connectivity index is 2.13. The lowest BCUT2D eigenvalue weighted by Crippen LogP contribution is -2.02. The van der Waals surface area contributed by atoms with Gasteiger partial charge >= 0.3 is 0 Å². The van der Waals surface area contributed by atoms with Crippen LogP contribution >= 0.6 is 15.9 Å². The van der Waals surface area contributed by atoms with E-state index in [2.05, 4.69) is 15.9 Å². The number of hydrogen-bond donors (Lipinski definition) is 1. The molecule has 1 unspecified atom stereocenters. The van der Waals surface area contributed by atoms with Gasteiger partial charge in [-0.3, -0.25) is 4.79 Å². The summed E-state index contributed by atoms with van der Waals surface area (Å²) < 4.78 is 15.3. The molecule has 2 aromatic carbocycles. The lowest BCUT2D eigenvalue weighted by Gasteiger charge is -2.07. The molecule has 0 fully saturated rings. The molecule has 0 bridgehead atoms. The Morgan fingerprint density at radius 1 is 1.10 bits per heavy atom. The molecule has 4 heteroatoms. The van der Waals surface area contributed by atoms with Gasteiger partial charge in [0.25, 0.3) is 0 Å². The monoisotopic (exact) mass is 332 g/mol. The zero-order valence-electron chi connectivity index (χ0n) is 10.3. The first kappa shape index (κ1) is 13.2. The quantitative estimate of drug-likeness (QED) is 0.799. The Labute approximate surface area is 123 Å². The van der Waals surface area contributed by atoms with Crippen molar-refractivity contribution in [1.29, 1.82) is 0 Å². The van der Waals surface area contributed by atoms with Gasteiger partial charge in [0.05, 0.1) is 5.57 Å². The second kappa shape index (κ2) is 4.96. The van der Waals surface area contributed by atoms with Crippen molar-refractivity contribution in [1.82, 2.24) is 0 Å². The highest BCUT2D eigenvalue weighted by atomic mass is 79.9. The molecule has 3 rings (SSSR count). The number of Topliss-reactive ketones (excluding diaryl/α,β-unsaturated/α-hetero) is 1. The molecule has 0 spiro atoms. The molecule has 100 valence electrons. The van der Waals surface area contributed by atoms with Crippen LogP contribution in [0.5, 0.6) is 0 Å². The average Bonchev–Trinajstić information content (AvgIpc) is 2.72. The summed E-state index contributed by atoms with van der Waals surface area (Å²) in [5.41, 5.74) is 0.916. The molecule has 0 amide bonds. The van der Waals surface area contributed by atoms with Crippen molar-refractivity contribution in [2.45, 2.75) is 6.10 Å². The van der Waals surface area contributed by atoms with E-state index in [1.54, 1.807) is 48.5 Å². The largest absolute Gasteiger partial charge is 0.383 e. The smallest absolute Gasteiger partial charge is 0.195 e. The summed E-state index contributed by atoms with van der Waals surface area (Å²) >= 11 is 3.27. The number of halogens is 2. The van der Waals surface area contributed by atoms with Gasteiger partial charge < -0.3 is 5.11 Å². The second-order valence-corrected chi connectivity index (χ2v) is 5.47. The van der Waals surface area contributed by atoms with Gasteiger partial charge in [-0.15, -0.1) is 0 Å². The molecule has 1 aliphatic rings. The van der Waals surface area contributed by atoms with E-state index < -0.39 is 17.7 Å². The molecule has 0 radical (unpaired) electrons. The number of rotatable bonds is 1. The molecule has 0 saturated carbocycles. The zero-order chi connectivity index (χ0) is 14.3. The van der Waals surface area contributed by atoms with E-state index >= 15 is 0 Å². The number of aliphatic hydroxyl groups is 1. The highest BCUT2D eigenvalue weighted by Gasteiger charge is 2.36. The minimum absolute atomic E-state index is 0.187. The summed E-state index contributed by atoms with van der Waals surface area (Å²) in [5, 5.41) is 10.2. The Hall–Kier alpha value is -1.78. The van der Waals surface area contributed by atoms with E-state index in [1.807, 2.05) is 0 Å². The number of benzene rings is 2. The number of fused-ring (bicyclic) bond motifs is 1. The zero-order valence-corrected chi connectivity index (χ0v) is 11.9. The number of carbonyl (C=O) groups excluding carboxylic acids is 1. The predicted octanol–water partition coefficient (Wildman–Crippen LogP) is 4.06. The number of carbonyl (C=O) groups is 1. The molecular formula is C16H10BrFO2. The van der Waals surface area contributed by atoms with E-state index in [1.165, 1.54) is 0 Å². The molecule has 2 nitrogen and oxygen atoms in total. The van der Waals surface area contributed by atoms with Crippen LogP contribution < -0.4 is 0 Å². The van der Waals surface area contributed by atoms with Crippen LogP contribution in [0.25, 0.3) is 5.83 Å². The molecule has 20 heavy (non-hydrogen) atoms. The summed E-state index contributed by atoms with van der Waals surface area (Å²) in [6.45, 7) is 0. The summed E-state index contributed by atoms with van der Waals surface area (Å²) in [5.74, 6) is -1.13. The number of ketones is 1. The van der Waals surface area contributed by atoms with Crippen molar-refractivity contribution in [2.24, 2.45) is 0 Å². The Bertz CT molecular complexity index is 720. The summed E-state index contributed by atoms with van der Waals surface area (Å²) in [6, 6.07) is 13.2. The van der Waals surface area contributed by atoms with Crippen molar-refractivity contribution in [3.8, 4) is 0 Å². The Morgan fingerprint density at radius 2 is 1.75 bits per heavy atom. The fourth-order valence-corrected chi connectivity index (χ4v) is 2.60. The van der Waals surface area contributed by atoms with Gasteiger partial charge in [0.1, 0.15) is 11.9 Å². The van der Waals surface area contributed by atoms with Gasteiger partial charge in [0.2, 0.25) is 0 Å². The third-order valence-corrected chi connectivity index (χ3v) is 3.88. The molecule has 0 saturated heterocycles. The van der Waals surface area contributed by atoms with E-state index in [0.717, 1.165) is 4.47 Å². The van der Waals surface area contributed by atoms with Crippen LogP contribution in [0, 0.1) is 0 Å². The van der Waals surface area contributed by atoms with Crippen LogP contribution in [0.4, 0.5) is 4.39 Å². The number of aliphatic hydroxyl groups excluding tert-OH is 1. The summed E-state index contributed by atoms with van der Waals surface area (Å²) in [6.07, 6.45) is -1.21. The fourth-order valence-electron chi connectivity index (χ4n) is 2.34. The van der Waals surface area contributed by atoms with Gasteiger partial charge in [0.15, 0.2) is 5.78 Å². The summed E-state index contributed by atoms with van der Waals surface area (Å²) in [4.78, 5) is 12.2. The van der Waals surface area contributed by atoms with Gasteiger partial charge in [0, 0.05) is 15.6 Å². The molecule has 0 aromatic heterocycles. The molecular weight excluding hydrogens is 323 g/mol. The molecule has 2 aromatic rings. The second-order valence-electron chi connectivity index (χ2n) is 4.55. The normalized spacial score (nSPS) is 19.9. The van der Waals surface area contributed by atoms with Gasteiger partial charge in [-0.1, -0.05) is 52.3 Å². The minimum atomic E-state index is -1.21. The Kier molecular flexibility index (Phi) is 3.28. The number of hydrogen-bond acceptors (Lipinski definition) is 2. The topological polar surface area (TPSA) is 37.3 Å². The molecule has 1 N–H and O–H groups in total. The van der Waals surface area contributed by atoms with Crippen molar-refractivity contribution < 1.29 is 14.3 Å². The molecule has 0 heterocycles. The lowest BCUT2D eigenvalue weighted by atomic mass is 10.0. The van der Waals surface area contributed by atoms with Crippen molar-refractivity contribution in [3.63, 3.8) is 0 Å². The minimum Gasteiger partial charge on any atom is -0.383 e. The van der Waals surface area contributed by atoms with Crippen LogP contribution in [0.15, 0.2) is 58.6 Å². The Morgan fingerprint density at radius 3 is 2.40 bits per heavy atom. The SMILES string of the molecule is O=C1/C(=C(/F)c2ccc(Br)cc2)C(O)c2ccccc21. The fraction of sp³-hybridized carbons (Fsp3) is 0.0625. The van der Waals surface area contributed by atoms with Gasteiger partial charge in [-0.05, 0) is 17.7 Å². The van der Waals surface area contributed by atoms with Crippen LogP contribution in [-0.4, -0.2) is 10.9 Å². The van der Waals surface area contributed by atoms with E-state index in [4.69, 9.17) is 0 Å². The standard InChI is InChI=1S/C16H10BrFO2/c17-10-7-5-9(6-8-10)14(18)13-15(19)11-3-1-2-4-12(11)16(13)20/h1-8,15,19H/b14-13+. The van der Waals surface area contributed by atoms with E-state index in [-0.39, 0.29) is 11.1 Å².